The number of halogens is 1. The summed E-state index contributed by atoms with van der Waals surface area (Å²) in [6, 6.07) is 14.6. The van der Waals surface area contributed by atoms with Crippen molar-refractivity contribution in [3.05, 3.63) is 65.7 Å². The molecule has 6 N–H and O–H groups in total. The van der Waals surface area contributed by atoms with Crippen molar-refractivity contribution in [1.29, 1.82) is 0 Å². The summed E-state index contributed by atoms with van der Waals surface area (Å²) in [5, 5.41) is 12.4. The minimum atomic E-state index is -1.67. The summed E-state index contributed by atoms with van der Waals surface area (Å²) in [4.78, 5) is 27.9. The van der Waals surface area contributed by atoms with Gasteiger partial charge >= 0.3 is 0 Å². The average Bonchev–Trinajstić information content (AvgIpc) is 2.86. The fraction of sp³-hybridized carbons (Fsp3) is 0.417. The number of hydrogen-bond donors (Lipinski definition) is 4. The van der Waals surface area contributed by atoms with Crippen LogP contribution in [0.1, 0.15) is 22.0 Å². The topological polar surface area (TPSA) is 140 Å². The molecule has 0 aliphatic carbocycles. The molecule has 184 valence electrons. The van der Waals surface area contributed by atoms with Gasteiger partial charge in [0.25, 0.3) is 5.91 Å². The Kier molecular flexibility index (Phi) is 8.64. The summed E-state index contributed by atoms with van der Waals surface area (Å²) < 4.78 is 11.0. The van der Waals surface area contributed by atoms with Crippen molar-refractivity contribution in [3.63, 3.8) is 0 Å². The van der Waals surface area contributed by atoms with Crippen LogP contribution in [0.2, 0.25) is 0 Å². The second kappa shape index (κ2) is 11.3. The molecule has 2 aromatic rings. The third-order valence-corrected chi connectivity index (χ3v) is 6.56. The summed E-state index contributed by atoms with van der Waals surface area (Å²) in [5.74, 6) is -0.635. The highest BCUT2D eigenvalue weighted by atomic mass is 35.5. The highest BCUT2D eigenvalue weighted by molar-refractivity contribution is 6.21. The van der Waals surface area contributed by atoms with E-state index in [0.717, 1.165) is 0 Å². The summed E-state index contributed by atoms with van der Waals surface area (Å²) in [6.07, 6.45) is -2.24. The number of aliphatic hydroxyl groups is 1. The fourth-order valence-corrected chi connectivity index (χ4v) is 4.58. The van der Waals surface area contributed by atoms with Crippen molar-refractivity contribution >= 4 is 23.3 Å². The number of carbonyl (C=O) groups is 2. The number of methoxy groups -OCH3 is 2. The Morgan fingerprint density at radius 1 is 1.21 bits per heavy atom. The zero-order valence-electron chi connectivity index (χ0n) is 19.2. The predicted octanol–water partition coefficient (Wildman–Crippen LogP) is 0.648. The summed E-state index contributed by atoms with van der Waals surface area (Å²) in [6.45, 7) is 0.466. The van der Waals surface area contributed by atoms with Crippen LogP contribution in [0, 0.1) is 0 Å². The van der Waals surface area contributed by atoms with Crippen molar-refractivity contribution in [2.75, 3.05) is 33.9 Å². The first-order valence-electron chi connectivity index (χ1n) is 10.9. The molecule has 34 heavy (non-hydrogen) atoms. The quantitative estimate of drug-likeness (QED) is 0.296. The molecule has 2 aromatic carbocycles. The van der Waals surface area contributed by atoms with Gasteiger partial charge in [-0.3, -0.25) is 14.5 Å². The number of rotatable bonds is 9. The molecule has 1 saturated heterocycles. The van der Waals surface area contributed by atoms with Crippen molar-refractivity contribution in [1.82, 2.24) is 10.2 Å². The largest absolute Gasteiger partial charge is 0.496 e. The number of Topliss-reactive ketones (excluding diaryl/α,β-unsaturated/α-hetero) is 1. The molecule has 0 radical (unpaired) electrons. The molecule has 0 aromatic heterocycles. The molecule has 1 heterocycles. The lowest BCUT2D eigenvalue weighted by Gasteiger charge is -2.51. The molecule has 0 spiro atoms. The zero-order chi connectivity index (χ0) is 24.9. The second-order valence-corrected chi connectivity index (χ2v) is 8.72. The van der Waals surface area contributed by atoms with Gasteiger partial charge in [0.15, 0.2) is 11.8 Å². The number of ketones is 1. The van der Waals surface area contributed by atoms with Gasteiger partial charge in [-0.15, -0.1) is 11.6 Å². The summed E-state index contributed by atoms with van der Waals surface area (Å²) >= 11 is 6.48. The zero-order valence-corrected chi connectivity index (χ0v) is 19.9. The van der Waals surface area contributed by atoms with Crippen molar-refractivity contribution in [3.8, 4) is 5.75 Å². The molecular formula is C24H31ClN4O5. The van der Waals surface area contributed by atoms with E-state index < -0.39 is 41.0 Å². The molecule has 1 fully saturated rings. The SMILES string of the molecule is COc1ccccc1C(=O)C1(N)C(OC)C(N)C(Cl)CN1CCNC(=O)C(O)c1ccccc1. The smallest absolute Gasteiger partial charge is 0.253 e. The normalized spacial score (nSPS) is 26.0. The fourth-order valence-electron chi connectivity index (χ4n) is 4.28. The molecule has 9 nitrogen and oxygen atoms in total. The van der Waals surface area contributed by atoms with Crippen molar-refractivity contribution < 1.29 is 24.2 Å². The van der Waals surface area contributed by atoms with Crippen LogP contribution >= 0.6 is 11.6 Å². The minimum absolute atomic E-state index is 0.107. The Balaban J connectivity index is 1.82. The van der Waals surface area contributed by atoms with Gasteiger partial charge in [-0.1, -0.05) is 42.5 Å². The van der Waals surface area contributed by atoms with Crippen LogP contribution in [-0.2, 0) is 9.53 Å². The number of aliphatic hydroxyl groups excluding tert-OH is 1. The van der Waals surface area contributed by atoms with Crippen LogP contribution < -0.4 is 21.5 Å². The maximum atomic E-state index is 13.8. The molecule has 1 amide bonds. The summed E-state index contributed by atoms with van der Waals surface area (Å²) in [5.41, 5.74) is 12.1. The second-order valence-electron chi connectivity index (χ2n) is 8.15. The van der Waals surface area contributed by atoms with Crippen LogP contribution in [0.5, 0.6) is 5.75 Å². The van der Waals surface area contributed by atoms with Gasteiger partial charge in [0.2, 0.25) is 5.78 Å². The third kappa shape index (κ3) is 5.10. The van der Waals surface area contributed by atoms with E-state index in [9.17, 15) is 14.7 Å². The molecule has 5 unspecified atom stereocenters. The third-order valence-electron chi connectivity index (χ3n) is 6.13. The van der Waals surface area contributed by atoms with E-state index in [0.29, 0.717) is 11.3 Å². The van der Waals surface area contributed by atoms with Crippen LogP contribution in [0.3, 0.4) is 0 Å². The Bertz CT molecular complexity index is 994. The lowest BCUT2D eigenvalue weighted by Crippen LogP contribution is -2.78. The van der Waals surface area contributed by atoms with E-state index >= 15 is 0 Å². The van der Waals surface area contributed by atoms with Gasteiger partial charge in [0.05, 0.1) is 24.1 Å². The van der Waals surface area contributed by atoms with Crippen LogP contribution in [0.4, 0.5) is 0 Å². The number of likely N-dealkylation sites (tertiary alicyclic amines) is 1. The highest BCUT2D eigenvalue weighted by Crippen LogP contribution is 2.33. The van der Waals surface area contributed by atoms with E-state index in [2.05, 4.69) is 5.32 Å². The number of amides is 1. The maximum absolute atomic E-state index is 13.8. The van der Waals surface area contributed by atoms with Gasteiger partial charge in [-0.2, -0.15) is 0 Å². The standard InChI is InChI=1S/C24H31ClN4O5/c1-33-18-11-7-6-10-16(18)21(31)24(27)22(34-2)19(26)17(25)14-29(24)13-12-28-23(32)20(30)15-8-4-3-5-9-15/h3-11,17,19-20,22,30H,12-14,26-27H2,1-2H3,(H,28,32). The molecule has 10 heteroatoms. The first kappa shape index (κ1) is 26.1. The number of para-hydroxylation sites is 1. The number of alkyl halides is 1. The van der Waals surface area contributed by atoms with Gasteiger partial charge in [0.1, 0.15) is 11.9 Å². The number of nitrogens with two attached hydrogens (primary N) is 2. The van der Waals surface area contributed by atoms with Gasteiger partial charge in [-0.25, -0.2) is 0 Å². The predicted molar refractivity (Wildman–Crippen MR) is 129 cm³/mol. The molecule has 5 atom stereocenters. The number of hydrogen-bond acceptors (Lipinski definition) is 8. The first-order chi connectivity index (χ1) is 16.2. The van der Waals surface area contributed by atoms with E-state index in [1.165, 1.54) is 14.2 Å². The Morgan fingerprint density at radius 2 is 1.85 bits per heavy atom. The number of piperidine rings is 1. The van der Waals surface area contributed by atoms with Crippen LogP contribution in [0.25, 0.3) is 0 Å². The molecule has 0 saturated carbocycles. The van der Waals surface area contributed by atoms with Crippen molar-refractivity contribution in [2.45, 2.75) is 29.3 Å². The number of ether oxygens (including phenoxy) is 2. The number of nitrogens with zero attached hydrogens (tertiary/aromatic N) is 1. The summed E-state index contributed by atoms with van der Waals surface area (Å²) in [7, 11) is 2.89. The van der Waals surface area contributed by atoms with Gasteiger partial charge < -0.3 is 31.4 Å². The van der Waals surface area contributed by atoms with E-state index in [4.69, 9.17) is 32.5 Å². The van der Waals surface area contributed by atoms with E-state index in [1.807, 2.05) is 0 Å². The molecule has 3 rings (SSSR count). The Hall–Kier alpha value is -2.53. The number of carbonyl (C=O) groups excluding carboxylic acids is 2. The minimum Gasteiger partial charge on any atom is -0.496 e. The number of nitrogens with one attached hydrogen (secondary N) is 1. The van der Waals surface area contributed by atoms with Gasteiger partial charge in [0, 0.05) is 26.7 Å². The lowest BCUT2D eigenvalue weighted by molar-refractivity contribution is -0.129. The van der Waals surface area contributed by atoms with Crippen LogP contribution in [0.15, 0.2) is 54.6 Å². The molecule has 0 bridgehead atoms. The average molecular weight is 491 g/mol. The first-order valence-corrected chi connectivity index (χ1v) is 11.3. The lowest BCUT2D eigenvalue weighted by atomic mass is 9.82. The number of benzene rings is 2. The molecule has 1 aliphatic rings. The Labute approximate surface area is 203 Å². The monoisotopic (exact) mass is 490 g/mol. The Morgan fingerprint density at radius 3 is 2.50 bits per heavy atom. The molecular weight excluding hydrogens is 460 g/mol. The maximum Gasteiger partial charge on any atom is 0.253 e. The van der Waals surface area contributed by atoms with Gasteiger partial charge in [-0.05, 0) is 17.7 Å². The van der Waals surface area contributed by atoms with Crippen LogP contribution in [-0.4, -0.2) is 78.7 Å². The van der Waals surface area contributed by atoms with E-state index in [-0.39, 0.29) is 25.2 Å². The van der Waals surface area contributed by atoms with E-state index in [1.54, 1.807) is 59.5 Å². The highest BCUT2D eigenvalue weighted by Gasteiger charge is 2.55. The van der Waals surface area contributed by atoms with Crippen molar-refractivity contribution in [2.24, 2.45) is 11.5 Å². The molecule has 1 aliphatic heterocycles.